The van der Waals surface area contributed by atoms with Gasteiger partial charge in [0.25, 0.3) is 0 Å². The lowest BCUT2D eigenvalue weighted by molar-refractivity contribution is -0.117. The number of hydrogen-bond acceptors (Lipinski definition) is 7. The fraction of sp³-hybridized carbons (Fsp3) is 0.733. The van der Waals surface area contributed by atoms with Crippen molar-refractivity contribution < 1.29 is 19.2 Å². The van der Waals surface area contributed by atoms with Gasteiger partial charge in [0.15, 0.2) is 5.82 Å². The van der Waals surface area contributed by atoms with Crippen molar-refractivity contribution >= 4 is 11.7 Å². The number of carbonyl (C=O) groups excluding carboxylic acids is 1. The molecule has 1 amide bonds. The number of aliphatic hydroxyl groups is 1. The average Bonchev–Trinajstić information content (AvgIpc) is 3.03. The number of aromatic nitrogens is 1. The Balaban J connectivity index is 1.47. The van der Waals surface area contributed by atoms with Crippen LogP contribution in [0.1, 0.15) is 12.2 Å². The van der Waals surface area contributed by atoms with E-state index >= 15 is 0 Å². The van der Waals surface area contributed by atoms with Gasteiger partial charge in [0.05, 0.1) is 31.9 Å². The lowest BCUT2D eigenvalue weighted by Gasteiger charge is -2.28. The summed E-state index contributed by atoms with van der Waals surface area (Å²) in [6.07, 6.45) is 0.569. The SMILES string of the molecule is Cc1cc(NC(=O)CN2CCCN([C@H]3COC[C@@H]3O)CC2)no1. The second-order valence-electron chi connectivity index (χ2n) is 6.21. The van der Waals surface area contributed by atoms with E-state index in [-0.39, 0.29) is 11.9 Å². The summed E-state index contributed by atoms with van der Waals surface area (Å²) in [5.41, 5.74) is 0. The number of rotatable bonds is 4. The van der Waals surface area contributed by atoms with Gasteiger partial charge in [0, 0.05) is 19.2 Å². The Morgan fingerprint density at radius 2 is 2.26 bits per heavy atom. The van der Waals surface area contributed by atoms with E-state index in [9.17, 15) is 9.90 Å². The summed E-state index contributed by atoms with van der Waals surface area (Å²) < 4.78 is 10.3. The molecule has 0 bridgehead atoms. The molecule has 0 aromatic carbocycles. The number of hydrogen-bond donors (Lipinski definition) is 2. The first-order valence-corrected chi connectivity index (χ1v) is 8.07. The van der Waals surface area contributed by atoms with Crippen LogP contribution in [0, 0.1) is 6.92 Å². The van der Waals surface area contributed by atoms with E-state index in [0.29, 0.717) is 31.3 Å². The molecule has 8 heteroatoms. The van der Waals surface area contributed by atoms with E-state index in [1.165, 1.54) is 0 Å². The van der Waals surface area contributed by atoms with Crippen LogP contribution in [-0.2, 0) is 9.53 Å². The van der Waals surface area contributed by atoms with Gasteiger partial charge in [-0.1, -0.05) is 5.16 Å². The zero-order valence-corrected chi connectivity index (χ0v) is 13.4. The molecule has 3 heterocycles. The molecule has 0 unspecified atom stereocenters. The summed E-state index contributed by atoms with van der Waals surface area (Å²) in [7, 11) is 0. The molecule has 2 atom stereocenters. The third-order valence-electron chi connectivity index (χ3n) is 4.38. The highest BCUT2D eigenvalue weighted by molar-refractivity contribution is 5.91. The number of nitrogens with zero attached hydrogens (tertiary/aromatic N) is 3. The summed E-state index contributed by atoms with van der Waals surface area (Å²) in [4.78, 5) is 16.5. The van der Waals surface area contributed by atoms with Crippen LogP contribution in [0.4, 0.5) is 5.82 Å². The Bertz CT molecular complexity index is 535. The third kappa shape index (κ3) is 4.29. The smallest absolute Gasteiger partial charge is 0.239 e. The fourth-order valence-corrected chi connectivity index (χ4v) is 3.17. The van der Waals surface area contributed by atoms with Crippen molar-refractivity contribution in [2.45, 2.75) is 25.5 Å². The van der Waals surface area contributed by atoms with Gasteiger partial charge >= 0.3 is 0 Å². The number of aryl methyl sites for hydroxylation is 1. The zero-order chi connectivity index (χ0) is 16.2. The van der Waals surface area contributed by atoms with E-state index in [2.05, 4.69) is 20.3 Å². The molecule has 23 heavy (non-hydrogen) atoms. The van der Waals surface area contributed by atoms with Crippen molar-refractivity contribution in [1.82, 2.24) is 15.0 Å². The van der Waals surface area contributed by atoms with Crippen LogP contribution < -0.4 is 5.32 Å². The lowest BCUT2D eigenvalue weighted by Crippen LogP contribution is -2.45. The molecule has 128 valence electrons. The highest BCUT2D eigenvalue weighted by Crippen LogP contribution is 2.16. The van der Waals surface area contributed by atoms with Gasteiger partial charge < -0.3 is 19.7 Å². The lowest BCUT2D eigenvalue weighted by atomic mass is 10.2. The summed E-state index contributed by atoms with van der Waals surface area (Å²) >= 11 is 0. The molecular formula is C15H24N4O4. The van der Waals surface area contributed by atoms with E-state index in [0.717, 1.165) is 32.6 Å². The van der Waals surface area contributed by atoms with E-state index in [4.69, 9.17) is 9.26 Å². The molecule has 0 aliphatic carbocycles. The Labute approximate surface area is 135 Å². The topological polar surface area (TPSA) is 91.1 Å². The predicted molar refractivity (Wildman–Crippen MR) is 83.1 cm³/mol. The van der Waals surface area contributed by atoms with Crippen molar-refractivity contribution in [2.24, 2.45) is 0 Å². The molecule has 1 aromatic heterocycles. The third-order valence-corrected chi connectivity index (χ3v) is 4.38. The summed E-state index contributed by atoms with van der Waals surface area (Å²) in [6.45, 7) is 6.56. The number of aliphatic hydroxyl groups excluding tert-OH is 1. The quantitative estimate of drug-likeness (QED) is 0.785. The number of amides is 1. The van der Waals surface area contributed by atoms with Crippen LogP contribution in [0.3, 0.4) is 0 Å². The molecular weight excluding hydrogens is 300 g/mol. The molecule has 0 saturated carbocycles. The molecule has 2 aliphatic heterocycles. The number of anilines is 1. The van der Waals surface area contributed by atoms with Crippen molar-refractivity contribution in [2.75, 3.05) is 51.3 Å². The van der Waals surface area contributed by atoms with Crippen LogP contribution in [0.5, 0.6) is 0 Å². The predicted octanol–water partition coefficient (Wildman–Crippen LogP) is -0.311. The minimum Gasteiger partial charge on any atom is -0.389 e. The monoisotopic (exact) mass is 324 g/mol. The summed E-state index contributed by atoms with van der Waals surface area (Å²) in [5, 5.41) is 16.5. The molecule has 3 rings (SSSR count). The molecule has 2 N–H and O–H groups in total. The first kappa shape index (κ1) is 16.4. The van der Waals surface area contributed by atoms with Gasteiger partial charge in [0.2, 0.25) is 5.91 Å². The van der Waals surface area contributed by atoms with Gasteiger partial charge in [-0.25, -0.2) is 0 Å². The number of nitrogens with one attached hydrogen (secondary N) is 1. The second-order valence-corrected chi connectivity index (χ2v) is 6.21. The average molecular weight is 324 g/mol. The zero-order valence-electron chi connectivity index (χ0n) is 13.4. The normalized spacial score (nSPS) is 27.0. The fourth-order valence-electron chi connectivity index (χ4n) is 3.17. The highest BCUT2D eigenvalue weighted by Gasteiger charge is 2.32. The van der Waals surface area contributed by atoms with Crippen LogP contribution in [-0.4, -0.2) is 84.1 Å². The Morgan fingerprint density at radius 3 is 2.96 bits per heavy atom. The minimum absolute atomic E-state index is 0.0851. The molecule has 8 nitrogen and oxygen atoms in total. The van der Waals surface area contributed by atoms with Gasteiger partial charge in [-0.05, 0) is 26.4 Å². The van der Waals surface area contributed by atoms with Crippen molar-refractivity contribution in [3.05, 3.63) is 11.8 Å². The van der Waals surface area contributed by atoms with Crippen molar-refractivity contribution in [3.8, 4) is 0 Å². The Morgan fingerprint density at radius 1 is 1.39 bits per heavy atom. The maximum Gasteiger partial charge on any atom is 0.239 e. The van der Waals surface area contributed by atoms with E-state index < -0.39 is 6.10 Å². The number of carbonyl (C=O) groups is 1. The van der Waals surface area contributed by atoms with Gasteiger partial charge in [-0.2, -0.15) is 0 Å². The van der Waals surface area contributed by atoms with Gasteiger partial charge in [0.1, 0.15) is 5.76 Å². The molecule has 1 aromatic rings. The van der Waals surface area contributed by atoms with E-state index in [1.54, 1.807) is 13.0 Å². The van der Waals surface area contributed by atoms with Gasteiger partial charge in [-0.3, -0.25) is 14.6 Å². The van der Waals surface area contributed by atoms with Crippen LogP contribution in [0.15, 0.2) is 10.6 Å². The summed E-state index contributed by atoms with van der Waals surface area (Å²) in [5.74, 6) is 1.04. The van der Waals surface area contributed by atoms with Crippen LogP contribution >= 0.6 is 0 Å². The largest absolute Gasteiger partial charge is 0.389 e. The molecule has 2 fully saturated rings. The van der Waals surface area contributed by atoms with Crippen LogP contribution in [0.25, 0.3) is 0 Å². The maximum atomic E-state index is 12.1. The minimum atomic E-state index is -0.403. The molecule has 0 radical (unpaired) electrons. The highest BCUT2D eigenvalue weighted by atomic mass is 16.5. The van der Waals surface area contributed by atoms with Crippen LogP contribution in [0.2, 0.25) is 0 Å². The Kier molecular flexibility index (Phi) is 5.27. The first-order chi connectivity index (χ1) is 11.1. The molecule has 2 aliphatic rings. The van der Waals surface area contributed by atoms with Gasteiger partial charge in [-0.15, -0.1) is 0 Å². The Hall–Kier alpha value is -1.48. The number of ether oxygens (including phenoxy) is 1. The summed E-state index contributed by atoms with van der Waals surface area (Å²) in [6, 6.07) is 1.78. The second kappa shape index (κ2) is 7.39. The molecule has 0 spiro atoms. The van der Waals surface area contributed by atoms with Crippen molar-refractivity contribution in [3.63, 3.8) is 0 Å². The maximum absolute atomic E-state index is 12.1. The van der Waals surface area contributed by atoms with E-state index in [1.807, 2.05) is 0 Å². The van der Waals surface area contributed by atoms with Crippen molar-refractivity contribution in [1.29, 1.82) is 0 Å². The first-order valence-electron chi connectivity index (χ1n) is 8.07. The molecule has 2 saturated heterocycles. The standard InChI is InChI=1S/C15H24N4O4/c1-11-7-14(17-23-11)16-15(21)8-18-3-2-4-19(6-5-18)12-9-22-10-13(12)20/h7,12-13,20H,2-6,8-10H2,1H3,(H,16,17,21)/t12-,13-/m0/s1.